The Morgan fingerprint density at radius 2 is 1.63 bits per heavy atom. The van der Waals surface area contributed by atoms with Gasteiger partial charge in [0.25, 0.3) is 15.9 Å². The summed E-state index contributed by atoms with van der Waals surface area (Å²) in [6.07, 6.45) is -0.695. The van der Waals surface area contributed by atoms with Crippen molar-refractivity contribution in [2.75, 3.05) is 26.0 Å². The van der Waals surface area contributed by atoms with E-state index < -0.39 is 16.1 Å². The first-order valence-corrected chi connectivity index (χ1v) is 9.52. The van der Waals surface area contributed by atoms with Crippen molar-refractivity contribution in [3.63, 3.8) is 0 Å². The van der Waals surface area contributed by atoms with Crippen molar-refractivity contribution in [1.82, 2.24) is 5.32 Å². The molecule has 0 aliphatic rings. The predicted octanol–water partition coefficient (Wildman–Crippen LogP) is 2.02. The van der Waals surface area contributed by atoms with Gasteiger partial charge in [0.05, 0.1) is 24.8 Å². The highest BCUT2D eigenvalue weighted by Crippen LogP contribution is 2.31. The number of methoxy groups -OCH3 is 2. The van der Waals surface area contributed by atoms with E-state index in [1.807, 2.05) is 0 Å². The topological polar surface area (TPSA) is 103 Å². The van der Waals surface area contributed by atoms with Gasteiger partial charge in [-0.2, -0.15) is 0 Å². The normalized spacial score (nSPS) is 12.0. The molecule has 0 aliphatic heterocycles. The molecule has 2 aromatic carbocycles. The van der Waals surface area contributed by atoms with Gasteiger partial charge in [-0.25, -0.2) is 8.42 Å². The molecule has 0 heterocycles. The Hall–Kier alpha value is -2.94. The Labute approximate surface area is 158 Å². The molecule has 2 rings (SSSR count). The van der Waals surface area contributed by atoms with Gasteiger partial charge in [-0.15, -0.1) is 0 Å². The second-order valence-corrected chi connectivity index (χ2v) is 7.20. The average Bonchev–Trinajstić information content (AvgIpc) is 2.67. The summed E-state index contributed by atoms with van der Waals surface area (Å²) in [4.78, 5) is 11.5. The lowest BCUT2D eigenvalue weighted by atomic mass is 10.3. The van der Waals surface area contributed by atoms with Gasteiger partial charge >= 0.3 is 0 Å². The first kappa shape index (κ1) is 20.4. The molecule has 0 aromatic heterocycles. The maximum Gasteiger partial charge on any atom is 0.262 e. The molecule has 27 heavy (non-hydrogen) atoms. The summed E-state index contributed by atoms with van der Waals surface area (Å²) < 4.78 is 43.4. The van der Waals surface area contributed by atoms with Gasteiger partial charge in [-0.05, 0) is 43.3 Å². The van der Waals surface area contributed by atoms with Crippen LogP contribution in [0.5, 0.6) is 17.2 Å². The number of likely N-dealkylation sites (N-methyl/N-ethyl adjacent to an activating group) is 1. The van der Waals surface area contributed by atoms with Crippen LogP contribution in [-0.4, -0.2) is 41.7 Å². The molecule has 8 nitrogen and oxygen atoms in total. The monoisotopic (exact) mass is 394 g/mol. The minimum absolute atomic E-state index is 0.0420. The molecule has 0 saturated carbocycles. The van der Waals surface area contributed by atoms with Crippen molar-refractivity contribution in [2.45, 2.75) is 17.9 Å². The highest BCUT2D eigenvalue weighted by Gasteiger charge is 2.18. The van der Waals surface area contributed by atoms with E-state index in [0.717, 1.165) is 0 Å². The van der Waals surface area contributed by atoms with Crippen LogP contribution >= 0.6 is 0 Å². The number of sulfonamides is 1. The number of ether oxygens (including phenoxy) is 3. The third kappa shape index (κ3) is 5.04. The van der Waals surface area contributed by atoms with E-state index >= 15 is 0 Å². The summed E-state index contributed by atoms with van der Waals surface area (Å²) in [6, 6.07) is 10.5. The van der Waals surface area contributed by atoms with Gasteiger partial charge in [0.1, 0.15) is 17.2 Å². The Balaban J connectivity index is 2.18. The number of rotatable bonds is 8. The summed E-state index contributed by atoms with van der Waals surface area (Å²) in [5, 5.41) is 2.48. The van der Waals surface area contributed by atoms with Crippen molar-refractivity contribution in [3.05, 3.63) is 42.5 Å². The first-order chi connectivity index (χ1) is 12.8. The maximum absolute atomic E-state index is 12.6. The summed E-state index contributed by atoms with van der Waals surface area (Å²) >= 11 is 0. The molecule has 2 N–H and O–H groups in total. The smallest absolute Gasteiger partial charge is 0.262 e. The molecule has 1 amide bonds. The molecule has 0 aliphatic carbocycles. The van der Waals surface area contributed by atoms with Gasteiger partial charge in [-0.1, -0.05) is 0 Å². The zero-order chi connectivity index (χ0) is 20.0. The number of nitrogens with one attached hydrogen (secondary N) is 2. The SMILES string of the molecule is CNC(=O)[C@@H](C)Oc1ccc(S(=O)(=O)Nc2ccc(OC)cc2OC)cc1. The van der Waals surface area contributed by atoms with Crippen LogP contribution in [0.25, 0.3) is 0 Å². The summed E-state index contributed by atoms with van der Waals surface area (Å²) in [5.74, 6) is 0.978. The Morgan fingerprint density at radius 3 is 2.19 bits per heavy atom. The second-order valence-electron chi connectivity index (χ2n) is 5.52. The van der Waals surface area contributed by atoms with Crippen LogP contribution < -0.4 is 24.2 Å². The molecule has 2 aromatic rings. The lowest BCUT2D eigenvalue weighted by molar-refractivity contribution is -0.126. The highest BCUT2D eigenvalue weighted by molar-refractivity contribution is 7.92. The lowest BCUT2D eigenvalue weighted by Crippen LogP contribution is -2.33. The Bertz CT molecular complexity index is 897. The number of benzene rings is 2. The zero-order valence-electron chi connectivity index (χ0n) is 15.5. The van der Waals surface area contributed by atoms with Gasteiger partial charge in [0.15, 0.2) is 6.10 Å². The van der Waals surface area contributed by atoms with E-state index in [2.05, 4.69) is 10.0 Å². The number of anilines is 1. The zero-order valence-corrected chi connectivity index (χ0v) is 16.3. The number of hydrogen-bond acceptors (Lipinski definition) is 6. The van der Waals surface area contributed by atoms with Crippen LogP contribution in [0.3, 0.4) is 0 Å². The fraction of sp³-hybridized carbons (Fsp3) is 0.278. The molecule has 1 atom stereocenters. The molecule has 9 heteroatoms. The molecule has 0 saturated heterocycles. The third-order valence-electron chi connectivity index (χ3n) is 3.72. The van der Waals surface area contributed by atoms with Crippen LogP contribution in [0.15, 0.2) is 47.4 Å². The van der Waals surface area contributed by atoms with Gasteiger partial charge in [-0.3, -0.25) is 9.52 Å². The molecule has 0 spiro atoms. The van der Waals surface area contributed by atoms with Gasteiger partial charge in [0.2, 0.25) is 0 Å². The number of carbonyl (C=O) groups is 1. The van der Waals surface area contributed by atoms with E-state index in [1.165, 1.54) is 45.5 Å². The van der Waals surface area contributed by atoms with Crippen LogP contribution in [0, 0.1) is 0 Å². The Kier molecular flexibility index (Phi) is 6.51. The standard InChI is InChI=1S/C18H22N2O6S/c1-12(18(21)19-2)26-13-5-8-15(9-6-13)27(22,23)20-16-10-7-14(24-3)11-17(16)25-4/h5-12,20H,1-4H3,(H,19,21)/t12-/m1/s1. The van der Waals surface area contributed by atoms with Crippen LogP contribution in [-0.2, 0) is 14.8 Å². The fourth-order valence-corrected chi connectivity index (χ4v) is 3.32. The first-order valence-electron chi connectivity index (χ1n) is 8.04. The predicted molar refractivity (Wildman–Crippen MR) is 101 cm³/mol. The molecule has 0 radical (unpaired) electrons. The van der Waals surface area contributed by atoms with Crippen molar-refractivity contribution < 1.29 is 27.4 Å². The maximum atomic E-state index is 12.6. The molecule has 0 unspecified atom stereocenters. The minimum atomic E-state index is -3.84. The number of carbonyl (C=O) groups excluding carboxylic acids is 1. The van der Waals surface area contributed by atoms with Crippen LogP contribution in [0.2, 0.25) is 0 Å². The van der Waals surface area contributed by atoms with E-state index in [0.29, 0.717) is 17.2 Å². The second kappa shape index (κ2) is 8.63. The van der Waals surface area contributed by atoms with E-state index in [1.54, 1.807) is 25.1 Å². The van der Waals surface area contributed by atoms with Crippen molar-refractivity contribution in [1.29, 1.82) is 0 Å². The number of amides is 1. The quantitative estimate of drug-likeness (QED) is 0.710. The Morgan fingerprint density at radius 1 is 1.00 bits per heavy atom. The molecule has 0 bridgehead atoms. The van der Waals surface area contributed by atoms with Crippen molar-refractivity contribution in [2.24, 2.45) is 0 Å². The largest absolute Gasteiger partial charge is 0.497 e. The lowest BCUT2D eigenvalue weighted by Gasteiger charge is -2.15. The minimum Gasteiger partial charge on any atom is -0.497 e. The highest BCUT2D eigenvalue weighted by atomic mass is 32.2. The molecular formula is C18H22N2O6S. The van der Waals surface area contributed by atoms with E-state index in [9.17, 15) is 13.2 Å². The van der Waals surface area contributed by atoms with Crippen LogP contribution in [0.1, 0.15) is 6.92 Å². The molecule has 0 fully saturated rings. The average molecular weight is 394 g/mol. The fourth-order valence-electron chi connectivity index (χ4n) is 2.24. The summed E-state index contributed by atoms with van der Waals surface area (Å²) in [7, 11) is 0.618. The van der Waals surface area contributed by atoms with Crippen molar-refractivity contribution >= 4 is 21.6 Å². The van der Waals surface area contributed by atoms with Crippen molar-refractivity contribution in [3.8, 4) is 17.2 Å². The molecule has 146 valence electrons. The van der Waals surface area contributed by atoms with Crippen LogP contribution in [0.4, 0.5) is 5.69 Å². The third-order valence-corrected chi connectivity index (χ3v) is 5.10. The summed E-state index contributed by atoms with van der Waals surface area (Å²) in [6.45, 7) is 1.60. The van der Waals surface area contributed by atoms with Gasteiger partial charge in [0, 0.05) is 13.1 Å². The van der Waals surface area contributed by atoms with E-state index in [-0.39, 0.29) is 16.5 Å². The molecular weight excluding hydrogens is 372 g/mol. The number of hydrogen-bond donors (Lipinski definition) is 2. The van der Waals surface area contributed by atoms with E-state index in [4.69, 9.17) is 14.2 Å². The van der Waals surface area contributed by atoms with Gasteiger partial charge < -0.3 is 19.5 Å². The summed E-state index contributed by atoms with van der Waals surface area (Å²) in [5.41, 5.74) is 0.284.